The Bertz CT molecular complexity index is 1170. The Morgan fingerprint density at radius 3 is 2.23 bits per heavy atom. The van der Waals surface area contributed by atoms with E-state index >= 15 is 0 Å². The van der Waals surface area contributed by atoms with Crippen molar-refractivity contribution in [2.75, 3.05) is 17.7 Å². The molecule has 0 unspecified atom stereocenters. The first-order chi connectivity index (χ1) is 14.7. The van der Waals surface area contributed by atoms with E-state index in [0.29, 0.717) is 26.7 Å². The lowest BCUT2D eigenvalue weighted by molar-refractivity contribution is 0.0601. The molecule has 0 saturated heterocycles. The Hall–Kier alpha value is -3.16. The molecule has 0 aliphatic heterocycles. The highest BCUT2D eigenvalue weighted by molar-refractivity contribution is 7.19. The fraction of sp³-hybridized carbons (Fsp3) is 0.174. The van der Waals surface area contributed by atoms with Gasteiger partial charge in [-0.15, -0.1) is 11.3 Å². The smallest absolute Gasteiger partial charge is 0.341 e. The lowest BCUT2D eigenvalue weighted by Crippen LogP contribution is -2.14. The van der Waals surface area contributed by atoms with Gasteiger partial charge in [0.25, 0.3) is 11.8 Å². The van der Waals surface area contributed by atoms with Crippen molar-refractivity contribution in [1.29, 1.82) is 0 Å². The van der Waals surface area contributed by atoms with Gasteiger partial charge in [0, 0.05) is 16.3 Å². The van der Waals surface area contributed by atoms with Gasteiger partial charge >= 0.3 is 5.97 Å². The minimum absolute atomic E-state index is 0.153. The molecule has 31 heavy (non-hydrogen) atoms. The quantitative estimate of drug-likeness (QED) is 0.488. The first-order valence-corrected chi connectivity index (χ1v) is 10.6. The molecule has 0 atom stereocenters. The van der Waals surface area contributed by atoms with Crippen molar-refractivity contribution in [2.45, 2.75) is 20.8 Å². The number of carbonyl (C=O) groups excluding carboxylic acids is 3. The molecule has 0 spiro atoms. The van der Waals surface area contributed by atoms with Gasteiger partial charge in [-0.05, 0) is 62.2 Å². The molecule has 1 heterocycles. The van der Waals surface area contributed by atoms with Crippen LogP contribution in [0.4, 0.5) is 10.7 Å². The normalized spacial score (nSPS) is 10.5. The zero-order valence-corrected chi connectivity index (χ0v) is 19.0. The average Bonchev–Trinajstić information content (AvgIpc) is 3.05. The standard InChI is InChI=1S/C23H21ClN2O4S/c1-12-5-10-17(13(2)11-12)25-21(28)19-14(3)18(23(29)30-4)22(31-19)26-20(27)15-6-8-16(24)9-7-15/h5-11H,1-4H3,(H,25,28)(H,26,27). The number of thiophene rings is 1. The number of halogens is 1. The summed E-state index contributed by atoms with van der Waals surface area (Å²) in [7, 11) is 1.25. The van der Waals surface area contributed by atoms with Crippen LogP contribution in [0.15, 0.2) is 42.5 Å². The number of hydrogen-bond acceptors (Lipinski definition) is 5. The Balaban J connectivity index is 1.94. The van der Waals surface area contributed by atoms with E-state index in [-0.39, 0.29) is 16.5 Å². The molecule has 3 aromatic rings. The maximum Gasteiger partial charge on any atom is 0.341 e. The summed E-state index contributed by atoms with van der Waals surface area (Å²) in [4.78, 5) is 38.3. The minimum Gasteiger partial charge on any atom is -0.465 e. The van der Waals surface area contributed by atoms with Crippen LogP contribution < -0.4 is 10.6 Å². The van der Waals surface area contributed by atoms with Crippen molar-refractivity contribution < 1.29 is 19.1 Å². The van der Waals surface area contributed by atoms with Crippen molar-refractivity contribution >= 4 is 51.4 Å². The highest BCUT2D eigenvalue weighted by Crippen LogP contribution is 2.35. The summed E-state index contributed by atoms with van der Waals surface area (Å²) in [6, 6.07) is 12.0. The molecular weight excluding hydrogens is 436 g/mol. The fourth-order valence-electron chi connectivity index (χ4n) is 3.08. The maximum atomic E-state index is 13.0. The van der Waals surface area contributed by atoms with E-state index in [1.165, 1.54) is 7.11 Å². The van der Waals surface area contributed by atoms with E-state index in [0.717, 1.165) is 22.5 Å². The van der Waals surface area contributed by atoms with Crippen LogP contribution in [0.1, 0.15) is 47.1 Å². The molecule has 2 N–H and O–H groups in total. The monoisotopic (exact) mass is 456 g/mol. The average molecular weight is 457 g/mol. The molecule has 3 rings (SSSR count). The van der Waals surface area contributed by atoms with Gasteiger partial charge in [0.2, 0.25) is 0 Å². The number of anilines is 2. The zero-order chi connectivity index (χ0) is 22.7. The predicted octanol–water partition coefficient (Wildman–Crippen LogP) is 5.62. The number of ether oxygens (including phenoxy) is 1. The number of carbonyl (C=O) groups is 3. The van der Waals surface area contributed by atoms with Gasteiger partial charge < -0.3 is 15.4 Å². The van der Waals surface area contributed by atoms with Crippen LogP contribution in [-0.2, 0) is 4.74 Å². The van der Waals surface area contributed by atoms with Gasteiger partial charge in [-0.3, -0.25) is 9.59 Å². The van der Waals surface area contributed by atoms with E-state index in [2.05, 4.69) is 10.6 Å². The van der Waals surface area contributed by atoms with E-state index in [1.807, 2.05) is 32.0 Å². The molecule has 160 valence electrons. The second-order valence-electron chi connectivity index (χ2n) is 6.99. The van der Waals surface area contributed by atoms with Crippen molar-refractivity contribution in [2.24, 2.45) is 0 Å². The van der Waals surface area contributed by atoms with Gasteiger partial charge in [-0.25, -0.2) is 4.79 Å². The van der Waals surface area contributed by atoms with Crippen LogP contribution in [0.25, 0.3) is 0 Å². The molecule has 0 saturated carbocycles. The van der Waals surface area contributed by atoms with Crippen molar-refractivity contribution in [3.63, 3.8) is 0 Å². The van der Waals surface area contributed by atoms with Gasteiger partial charge in [0.15, 0.2) is 0 Å². The van der Waals surface area contributed by atoms with Crippen molar-refractivity contribution in [3.8, 4) is 0 Å². The zero-order valence-electron chi connectivity index (χ0n) is 17.5. The van der Waals surface area contributed by atoms with E-state index in [1.54, 1.807) is 31.2 Å². The minimum atomic E-state index is -0.634. The molecular formula is C23H21ClN2O4S. The largest absolute Gasteiger partial charge is 0.465 e. The van der Waals surface area contributed by atoms with Gasteiger partial charge in [0.1, 0.15) is 5.00 Å². The third-order valence-corrected chi connectivity index (χ3v) is 6.16. The van der Waals surface area contributed by atoms with E-state index in [9.17, 15) is 14.4 Å². The van der Waals surface area contributed by atoms with Crippen molar-refractivity contribution in [3.05, 3.63) is 80.2 Å². The van der Waals surface area contributed by atoms with Crippen LogP contribution in [-0.4, -0.2) is 24.9 Å². The molecule has 8 heteroatoms. The third-order valence-electron chi connectivity index (χ3n) is 4.71. The molecule has 0 aliphatic carbocycles. The van der Waals surface area contributed by atoms with Gasteiger partial charge in [-0.1, -0.05) is 29.3 Å². The summed E-state index contributed by atoms with van der Waals surface area (Å²) in [6.45, 7) is 5.53. The molecule has 6 nitrogen and oxygen atoms in total. The number of methoxy groups -OCH3 is 1. The lowest BCUT2D eigenvalue weighted by Gasteiger charge is -2.08. The first-order valence-electron chi connectivity index (χ1n) is 9.38. The summed E-state index contributed by atoms with van der Waals surface area (Å²) >= 11 is 6.89. The molecule has 0 bridgehead atoms. The van der Waals surface area contributed by atoms with E-state index < -0.39 is 11.9 Å². The Morgan fingerprint density at radius 1 is 0.935 bits per heavy atom. The van der Waals surface area contributed by atoms with E-state index in [4.69, 9.17) is 16.3 Å². The molecule has 0 aliphatic rings. The number of amides is 2. The number of hydrogen-bond donors (Lipinski definition) is 2. The third kappa shape index (κ3) is 4.95. The summed E-state index contributed by atoms with van der Waals surface area (Å²) in [5, 5.41) is 6.34. The number of esters is 1. The van der Waals surface area contributed by atoms with Gasteiger partial charge in [-0.2, -0.15) is 0 Å². The summed E-state index contributed by atoms with van der Waals surface area (Å²) in [6.07, 6.45) is 0. The molecule has 0 fully saturated rings. The molecule has 1 aromatic heterocycles. The molecule has 0 radical (unpaired) electrons. The highest BCUT2D eigenvalue weighted by atomic mass is 35.5. The highest BCUT2D eigenvalue weighted by Gasteiger charge is 2.26. The Labute approximate surface area is 189 Å². The lowest BCUT2D eigenvalue weighted by atomic mass is 10.1. The number of aryl methyl sites for hydroxylation is 2. The number of nitrogens with one attached hydrogen (secondary N) is 2. The van der Waals surface area contributed by atoms with Crippen LogP contribution in [0.2, 0.25) is 5.02 Å². The van der Waals surface area contributed by atoms with Gasteiger partial charge in [0.05, 0.1) is 17.6 Å². The Kier molecular flexibility index (Phi) is 6.77. The summed E-state index contributed by atoms with van der Waals surface area (Å²) in [5.41, 5.74) is 3.64. The molecule has 2 amide bonds. The molecule has 2 aromatic carbocycles. The first kappa shape index (κ1) is 22.5. The Morgan fingerprint density at radius 2 is 1.61 bits per heavy atom. The van der Waals surface area contributed by atoms with Crippen molar-refractivity contribution in [1.82, 2.24) is 0 Å². The number of rotatable bonds is 5. The SMILES string of the molecule is COC(=O)c1c(NC(=O)c2ccc(Cl)cc2)sc(C(=O)Nc2ccc(C)cc2C)c1C. The topological polar surface area (TPSA) is 84.5 Å². The summed E-state index contributed by atoms with van der Waals surface area (Å²) in [5.74, 6) is -1.43. The second-order valence-corrected chi connectivity index (χ2v) is 8.44. The van der Waals surface area contributed by atoms with Crippen LogP contribution in [0, 0.1) is 20.8 Å². The predicted molar refractivity (Wildman–Crippen MR) is 124 cm³/mol. The fourth-order valence-corrected chi connectivity index (χ4v) is 4.29. The second kappa shape index (κ2) is 9.32. The van der Waals surface area contributed by atoms with Crippen LogP contribution >= 0.6 is 22.9 Å². The maximum absolute atomic E-state index is 13.0. The summed E-state index contributed by atoms with van der Waals surface area (Å²) < 4.78 is 4.87. The van der Waals surface area contributed by atoms with Crippen LogP contribution in [0.5, 0.6) is 0 Å². The van der Waals surface area contributed by atoms with Crippen LogP contribution in [0.3, 0.4) is 0 Å². The number of benzene rings is 2.